The molecular formula is C20H34N2O2. The number of nitrogen functional groups attached to an aromatic ring is 1. The van der Waals surface area contributed by atoms with Crippen molar-refractivity contribution in [1.82, 2.24) is 5.32 Å². The van der Waals surface area contributed by atoms with Crippen molar-refractivity contribution in [3.05, 3.63) is 36.4 Å². The normalized spacial score (nSPS) is 13.6. The molecule has 0 aromatic heterocycles. The number of hydrogen-bond donors (Lipinski definition) is 2. The fourth-order valence-corrected chi connectivity index (χ4v) is 2.25. The average molecular weight is 335 g/mol. The molecule has 1 aromatic carbocycles. The van der Waals surface area contributed by atoms with E-state index in [-0.39, 0.29) is 11.1 Å². The van der Waals surface area contributed by atoms with Crippen molar-refractivity contribution in [2.75, 3.05) is 26.1 Å². The molecule has 1 atom stereocenters. The van der Waals surface area contributed by atoms with E-state index in [1.165, 1.54) is 0 Å². The van der Waals surface area contributed by atoms with Crippen LogP contribution in [0, 0.1) is 5.92 Å². The molecule has 0 saturated carbocycles. The van der Waals surface area contributed by atoms with Gasteiger partial charge in [0.25, 0.3) is 0 Å². The zero-order valence-corrected chi connectivity index (χ0v) is 16.1. The predicted molar refractivity (Wildman–Crippen MR) is 103 cm³/mol. The van der Waals surface area contributed by atoms with Crippen LogP contribution < -0.4 is 11.1 Å². The van der Waals surface area contributed by atoms with Gasteiger partial charge in [-0.25, -0.2) is 0 Å². The van der Waals surface area contributed by atoms with E-state index in [4.69, 9.17) is 15.2 Å². The highest BCUT2D eigenvalue weighted by atomic mass is 16.5. The summed E-state index contributed by atoms with van der Waals surface area (Å²) in [6.07, 6.45) is 0.877. The fraction of sp³-hybridized carbons (Fsp3) is 0.600. The van der Waals surface area contributed by atoms with E-state index in [1.54, 1.807) is 7.11 Å². The molecule has 3 N–H and O–H groups in total. The lowest BCUT2D eigenvalue weighted by atomic mass is 9.88. The second-order valence-electron chi connectivity index (χ2n) is 7.66. The largest absolute Gasteiger partial charge is 0.399 e. The average Bonchev–Trinajstić information content (AvgIpc) is 2.51. The molecule has 0 spiro atoms. The Kier molecular flexibility index (Phi) is 7.30. The number of hydrogen-bond acceptors (Lipinski definition) is 4. The van der Waals surface area contributed by atoms with Gasteiger partial charge in [0, 0.05) is 36.6 Å². The van der Waals surface area contributed by atoms with E-state index in [0.717, 1.165) is 23.4 Å². The summed E-state index contributed by atoms with van der Waals surface area (Å²) in [6, 6.07) is 7.74. The Bertz CT molecular complexity index is 521. The molecule has 1 aromatic rings. The number of nitrogens with one attached hydrogen (secondary N) is 1. The Morgan fingerprint density at radius 3 is 2.33 bits per heavy atom. The summed E-state index contributed by atoms with van der Waals surface area (Å²) in [5.74, 6) is 0.310. The molecule has 0 heterocycles. The predicted octanol–water partition coefficient (Wildman–Crippen LogP) is 4.08. The van der Waals surface area contributed by atoms with E-state index in [0.29, 0.717) is 19.1 Å². The number of benzene rings is 1. The van der Waals surface area contributed by atoms with Gasteiger partial charge in [-0.3, -0.25) is 0 Å². The number of ether oxygens (including phenoxy) is 2. The molecule has 1 unspecified atom stereocenters. The van der Waals surface area contributed by atoms with E-state index < -0.39 is 0 Å². The molecule has 0 aliphatic heterocycles. The second-order valence-corrected chi connectivity index (χ2v) is 7.66. The van der Waals surface area contributed by atoms with Crippen LogP contribution in [0.4, 0.5) is 5.69 Å². The Hall–Kier alpha value is -1.52. The number of methoxy groups -OCH3 is 1. The maximum Gasteiger partial charge on any atom is 0.0648 e. The third-order valence-corrected chi connectivity index (χ3v) is 4.60. The molecule has 136 valence electrons. The van der Waals surface area contributed by atoms with Gasteiger partial charge in [-0.15, -0.1) is 0 Å². The summed E-state index contributed by atoms with van der Waals surface area (Å²) in [4.78, 5) is 0. The van der Waals surface area contributed by atoms with Crippen LogP contribution in [0.15, 0.2) is 30.8 Å². The van der Waals surface area contributed by atoms with E-state index in [9.17, 15) is 0 Å². The van der Waals surface area contributed by atoms with Gasteiger partial charge in [-0.05, 0) is 51.8 Å². The number of anilines is 1. The molecule has 0 aliphatic carbocycles. The van der Waals surface area contributed by atoms with Gasteiger partial charge in [0.05, 0.1) is 12.2 Å². The maximum absolute atomic E-state index is 6.12. The van der Waals surface area contributed by atoms with Crippen LogP contribution in [0.1, 0.15) is 46.6 Å². The molecule has 1 rings (SSSR count). The number of rotatable bonds is 10. The Balaban J connectivity index is 2.59. The zero-order valence-electron chi connectivity index (χ0n) is 16.1. The fourth-order valence-electron chi connectivity index (χ4n) is 2.25. The van der Waals surface area contributed by atoms with Crippen molar-refractivity contribution >= 4 is 11.4 Å². The molecule has 0 bridgehead atoms. The third kappa shape index (κ3) is 6.54. The zero-order chi connectivity index (χ0) is 18.4. The molecule has 24 heavy (non-hydrogen) atoms. The van der Waals surface area contributed by atoms with Crippen molar-refractivity contribution in [3.8, 4) is 0 Å². The Morgan fingerprint density at radius 1 is 1.21 bits per heavy atom. The van der Waals surface area contributed by atoms with Gasteiger partial charge in [-0.2, -0.15) is 0 Å². The quantitative estimate of drug-likeness (QED) is 0.633. The van der Waals surface area contributed by atoms with Crippen LogP contribution in [0.3, 0.4) is 0 Å². The SMILES string of the molecule is C=C(NC(C)(C)C(C)COC(C)(C)CCOC)c1ccc(N)cc1. The summed E-state index contributed by atoms with van der Waals surface area (Å²) in [7, 11) is 1.72. The minimum absolute atomic E-state index is 0.143. The van der Waals surface area contributed by atoms with Gasteiger partial charge >= 0.3 is 0 Å². The first-order valence-corrected chi connectivity index (χ1v) is 8.53. The van der Waals surface area contributed by atoms with Gasteiger partial charge in [0.15, 0.2) is 0 Å². The third-order valence-electron chi connectivity index (χ3n) is 4.60. The van der Waals surface area contributed by atoms with Crippen molar-refractivity contribution in [2.45, 2.75) is 52.2 Å². The van der Waals surface area contributed by atoms with Crippen molar-refractivity contribution in [3.63, 3.8) is 0 Å². The first-order chi connectivity index (χ1) is 11.1. The monoisotopic (exact) mass is 334 g/mol. The van der Waals surface area contributed by atoms with E-state index in [1.807, 2.05) is 24.3 Å². The lowest BCUT2D eigenvalue weighted by Crippen LogP contribution is -2.46. The van der Waals surface area contributed by atoms with Crippen LogP contribution in [0.25, 0.3) is 5.70 Å². The van der Waals surface area contributed by atoms with Crippen LogP contribution in [0.5, 0.6) is 0 Å². The van der Waals surface area contributed by atoms with Gasteiger partial charge in [0.1, 0.15) is 0 Å². The van der Waals surface area contributed by atoms with E-state index in [2.05, 4.69) is 46.5 Å². The highest BCUT2D eigenvalue weighted by Gasteiger charge is 2.29. The Morgan fingerprint density at radius 2 is 1.79 bits per heavy atom. The lowest BCUT2D eigenvalue weighted by molar-refractivity contribution is -0.0582. The smallest absolute Gasteiger partial charge is 0.0648 e. The van der Waals surface area contributed by atoms with E-state index >= 15 is 0 Å². The molecule has 0 radical (unpaired) electrons. The van der Waals surface area contributed by atoms with Crippen molar-refractivity contribution in [1.29, 1.82) is 0 Å². The molecule has 0 saturated heterocycles. The first-order valence-electron chi connectivity index (χ1n) is 8.53. The first kappa shape index (κ1) is 20.5. The van der Waals surface area contributed by atoms with Gasteiger partial charge < -0.3 is 20.5 Å². The summed E-state index contributed by atoms with van der Waals surface area (Å²) in [5.41, 5.74) is 8.11. The topological polar surface area (TPSA) is 56.5 Å². The maximum atomic E-state index is 6.12. The Labute approximate surface area is 147 Å². The summed E-state index contributed by atoms with van der Waals surface area (Å²) in [6.45, 7) is 16.3. The molecule has 0 amide bonds. The van der Waals surface area contributed by atoms with Gasteiger partial charge in [0.2, 0.25) is 0 Å². The minimum Gasteiger partial charge on any atom is -0.399 e. The van der Waals surface area contributed by atoms with Crippen molar-refractivity contribution in [2.24, 2.45) is 5.92 Å². The lowest BCUT2D eigenvalue weighted by Gasteiger charge is -2.37. The van der Waals surface area contributed by atoms with Crippen LogP contribution in [-0.4, -0.2) is 31.5 Å². The highest BCUT2D eigenvalue weighted by Crippen LogP contribution is 2.24. The van der Waals surface area contributed by atoms with Crippen molar-refractivity contribution < 1.29 is 9.47 Å². The van der Waals surface area contributed by atoms with Gasteiger partial charge in [-0.1, -0.05) is 25.6 Å². The molecule has 0 fully saturated rings. The van der Waals surface area contributed by atoms with Crippen LogP contribution in [0.2, 0.25) is 0 Å². The van der Waals surface area contributed by atoms with Crippen LogP contribution >= 0.6 is 0 Å². The highest BCUT2D eigenvalue weighted by molar-refractivity contribution is 5.64. The molecule has 4 nitrogen and oxygen atoms in total. The molecular weight excluding hydrogens is 300 g/mol. The minimum atomic E-state index is -0.186. The molecule has 0 aliphatic rings. The summed E-state index contributed by atoms with van der Waals surface area (Å²) >= 11 is 0. The number of nitrogens with two attached hydrogens (primary N) is 1. The summed E-state index contributed by atoms with van der Waals surface area (Å²) in [5, 5.41) is 3.53. The standard InChI is InChI=1S/C20H34N2O2/c1-15(14-24-19(3,4)12-13-23-7)20(5,6)22-16(2)17-8-10-18(21)11-9-17/h8-11,15,22H,2,12-14,21H2,1,3-7H3. The summed E-state index contributed by atoms with van der Waals surface area (Å²) < 4.78 is 11.3. The second kappa shape index (κ2) is 8.54. The molecule has 4 heteroatoms. The van der Waals surface area contributed by atoms with Crippen LogP contribution in [-0.2, 0) is 9.47 Å².